The molecule has 4 rings (SSSR count). The lowest BCUT2D eigenvalue weighted by Gasteiger charge is -2.24. The van der Waals surface area contributed by atoms with E-state index in [-0.39, 0.29) is 10.9 Å². The molecule has 9 heteroatoms. The van der Waals surface area contributed by atoms with Crippen LogP contribution in [0.3, 0.4) is 0 Å². The third-order valence-electron chi connectivity index (χ3n) is 5.05. The summed E-state index contributed by atoms with van der Waals surface area (Å²) in [5.41, 5.74) is 3.40. The maximum absolute atomic E-state index is 13.3. The van der Waals surface area contributed by atoms with Gasteiger partial charge in [0.15, 0.2) is 5.13 Å². The predicted octanol–water partition coefficient (Wildman–Crippen LogP) is 4.43. The fourth-order valence-electron chi connectivity index (χ4n) is 3.68. The number of nitrogens with one attached hydrogen (secondary N) is 1. The van der Waals surface area contributed by atoms with E-state index in [9.17, 15) is 8.42 Å². The molecule has 30 heavy (non-hydrogen) atoms. The van der Waals surface area contributed by atoms with Crippen LogP contribution < -0.4 is 10.1 Å². The van der Waals surface area contributed by atoms with Crippen LogP contribution in [0.25, 0.3) is 0 Å². The van der Waals surface area contributed by atoms with Gasteiger partial charge in [0.05, 0.1) is 29.4 Å². The van der Waals surface area contributed by atoms with Crippen molar-refractivity contribution < 1.29 is 13.2 Å². The van der Waals surface area contributed by atoms with E-state index in [2.05, 4.69) is 15.3 Å². The van der Waals surface area contributed by atoms with E-state index >= 15 is 0 Å². The zero-order valence-electron chi connectivity index (χ0n) is 17.1. The number of benzene rings is 1. The topological polar surface area (TPSA) is 84.4 Å². The Hall–Kier alpha value is -2.49. The maximum Gasteiger partial charge on any atom is 0.243 e. The number of anilines is 2. The highest BCUT2D eigenvalue weighted by Gasteiger charge is 2.37. The number of rotatable bonds is 6. The van der Waals surface area contributed by atoms with E-state index in [1.54, 1.807) is 35.7 Å². The highest BCUT2D eigenvalue weighted by molar-refractivity contribution is 7.89. The smallest absolute Gasteiger partial charge is 0.243 e. The van der Waals surface area contributed by atoms with Gasteiger partial charge in [0, 0.05) is 23.3 Å². The number of sulfonamides is 1. The minimum Gasteiger partial charge on any atom is -0.497 e. The lowest BCUT2D eigenvalue weighted by molar-refractivity contribution is 0.390. The highest BCUT2D eigenvalue weighted by atomic mass is 32.2. The van der Waals surface area contributed by atoms with Gasteiger partial charge in [-0.1, -0.05) is 0 Å². The fraction of sp³-hybridized carbons (Fsp3) is 0.333. The van der Waals surface area contributed by atoms with Gasteiger partial charge < -0.3 is 10.1 Å². The molecule has 2 aromatic heterocycles. The first kappa shape index (κ1) is 20.8. The molecule has 1 fully saturated rings. The Kier molecular flexibility index (Phi) is 5.77. The molecule has 3 heterocycles. The standard InChI is InChI=1S/C21H24N4O3S2/c1-14-11-16(24-21-23-15(2)13-29-21)12-19(22-14)20-5-4-10-25(20)30(26,27)18-8-6-17(28-3)7-9-18/h6-9,11-13,20H,4-5,10H2,1-3H3,(H,22,23,24)/t20-/m1/s1. The summed E-state index contributed by atoms with van der Waals surface area (Å²) in [6.45, 7) is 4.34. The first-order valence-corrected chi connectivity index (χ1v) is 12.0. The molecule has 1 saturated heterocycles. The summed E-state index contributed by atoms with van der Waals surface area (Å²) >= 11 is 1.53. The second-order valence-corrected chi connectivity index (χ2v) is 10.0. The number of thiazole rings is 1. The number of ether oxygens (including phenoxy) is 1. The Labute approximate surface area is 180 Å². The van der Waals surface area contributed by atoms with Gasteiger partial charge in [-0.25, -0.2) is 13.4 Å². The first-order chi connectivity index (χ1) is 14.4. The van der Waals surface area contributed by atoms with Crippen molar-refractivity contribution in [1.82, 2.24) is 14.3 Å². The maximum atomic E-state index is 13.3. The highest BCUT2D eigenvalue weighted by Crippen LogP contribution is 2.37. The summed E-state index contributed by atoms with van der Waals surface area (Å²) in [6, 6.07) is 10.1. The number of aryl methyl sites for hydroxylation is 2. The second-order valence-electron chi connectivity index (χ2n) is 7.29. The predicted molar refractivity (Wildman–Crippen MR) is 118 cm³/mol. The van der Waals surface area contributed by atoms with Crippen LogP contribution in [-0.2, 0) is 10.0 Å². The Bertz CT molecular complexity index is 1140. The van der Waals surface area contributed by atoms with E-state index in [4.69, 9.17) is 4.74 Å². The van der Waals surface area contributed by atoms with Crippen LogP contribution in [0, 0.1) is 13.8 Å². The van der Waals surface area contributed by atoms with Gasteiger partial charge in [-0.3, -0.25) is 4.98 Å². The van der Waals surface area contributed by atoms with E-state index in [0.717, 1.165) is 40.7 Å². The van der Waals surface area contributed by atoms with Crippen molar-refractivity contribution in [1.29, 1.82) is 0 Å². The molecule has 0 aliphatic carbocycles. The molecular formula is C21H24N4O3S2. The summed E-state index contributed by atoms with van der Waals surface area (Å²) in [6.07, 6.45) is 1.53. The molecule has 0 spiro atoms. The van der Waals surface area contributed by atoms with E-state index in [0.29, 0.717) is 12.3 Å². The van der Waals surface area contributed by atoms with Crippen LogP contribution in [0.5, 0.6) is 5.75 Å². The van der Waals surface area contributed by atoms with E-state index in [1.165, 1.54) is 11.3 Å². The van der Waals surface area contributed by atoms with Gasteiger partial charge in [0.2, 0.25) is 10.0 Å². The lowest BCUT2D eigenvalue weighted by atomic mass is 10.1. The molecule has 1 aromatic carbocycles. The number of nitrogens with zero attached hydrogens (tertiary/aromatic N) is 3. The van der Waals surface area contributed by atoms with Gasteiger partial charge in [-0.05, 0) is 63.1 Å². The summed E-state index contributed by atoms with van der Waals surface area (Å²) in [5, 5.41) is 6.10. The second kappa shape index (κ2) is 8.33. The quantitative estimate of drug-likeness (QED) is 0.605. The van der Waals surface area contributed by atoms with Crippen molar-refractivity contribution in [2.75, 3.05) is 19.0 Å². The Balaban J connectivity index is 1.64. The number of pyridine rings is 1. The molecule has 7 nitrogen and oxygen atoms in total. The van der Waals surface area contributed by atoms with Crippen molar-refractivity contribution >= 4 is 32.2 Å². The first-order valence-electron chi connectivity index (χ1n) is 9.70. The zero-order chi connectivity index (χ0) is 21.3. The molecule has 158 valence electrons. The molecule has 0 amide bonds. The van der Waals surface area contributed by atoms with Crippen molar-refractivity contribution in [2.45, 2.75) is 37.6 Å². The van der Waals surface area contributed by atoms with Crippen LogP contribution >= 0.6 is 11.3 Å². The van der Waals surface area contributed by atoms with Crippen LogP contribution in [0.4, 0.5) is 10.8 Å². The monoisotopic (exact) mass is 444 g/mol. The molecule has 3 aromatic rings. The molecular weight excluding hydrogens is 420 g/mol. The SMILES string of the molecule is COc1ccc(S(=O)(=O)N2CCC[C@@H]2c2cc(Nc3nc(C)cs3)cc(C)n2)cc1. The lowest BCUT2D eigenvalue weighted by Crippen LogP contribution is -2.31. The zero-order valence-corrected chi connectivity index (χ0v) is 18.8. The molecule has 0 bridgehead atoms. The molecule has 0 unspecified atom stereocenters. The molecule has 1 N–H and O–H groups in total. The van der Waals surface area contributed by atoms with Crippen molar-refractivity contribution in [3.8, 4) is 5.75 Å². The van der Waals surface area contributed by atoms with Crippen molar-refractivity contribution in [2.24, 2.45) is 0 Å². The molecule has 0 saturated carbocycles. The van der Waals surface area contributed by atoms with E-state index in [1.807, 2.05) is 31.4 Å². The van der Waals surface area contributed by atoms with Gasteiger partial charge >= 0.3 is 0 Å². The molecule has 1 aliphatic heterocycles. The number of hydrogen-bond donors (Lipinski definition) is 1. The minimum atomic E-state index is -3.64. The van der Waals surface area contributed by atoms with Crippen LogP contribution in [0.2, 0.25) is 0 Å². The Morgan fingerprint density at radius 1 is 1.13 bits per heavy atom. The summed E-state index contributed by atoms with van der Waals surface area (Å²) in [5.74, 6) is 0.625. The largest absolute Gasteiger partial charge is 0.497 e. The van der Waals surface area contributed by atoms with Gasteiger partial charge in [0.25, 0.3) is 0 Å². The molecule has 1 atom stereocenters. The summed E-state index contributed by atoms with van der Waals surface area (Å²) < 4.78 is 33.3. The van der Waals surface area contributed by atoms with Crippen LogP contribution in [0.1, 0.15) is 36.0 Å². The normalized spacial score (nSPS) is 17.2. The number of aromatic nitrogens is 2. The Morgan fingerprint density at radius 3 is 2.57 bits per heavy atom. The van der Waals surface area contributed by atoms with Crippen molar-refractivity contribution in [3.05, 3.63) is 58.9 Å². The van der Waals surface area contributed by atoms with E-state index < -0.39 is 10.0 Å². The summed E-state index contributed by atoms with van der Waals surface area (Å²) in [4.78, 5) is 9.37. The average molecular weight is 445 g/mol. The van der Waals surface area contributed by atoms with Crippen molar-refractivity contribution in [3.63, 3.8) is 0 Å². The number of methoxy groups -OCH3 is 1. The summed E-state index contributed by atoms with van der Waals surface area (Å²) in [7, 11) is -2.08. The van der Waals surface area contributed by atoms with Gasteiger partial charge in [-0.15, -0.1) is 11.3 Å². The van der Waals surface area contributed by atoms with Crippen LogP contribution in [0.15, 0.2) is 46.7 Å². The Morgan fingerprint density at radius 2 is 1.90 bits per heavy atom. The fourth-order valence-corrected chi connectivity index (χ4v) is 6.06. The minimum absolute atomic E-state index is 0.263. The van der Waals surface area contributed by atoms with Gasteiger partial charge in [-0.2, -0.15) is 4.31 Å². The molecule has 0 radical (unpaired) electrons. The molecule has 1 aliphatic rings. The number of hydrogen-bond acceptors (Lipinski definition) is 7. The van der Waals surface area contributed by atoms with Gasteiger partial charge in [0.1, 0.15) is 5.75 Å². The van der Waals surface area contributed by atoms with Crippen LogP contribution in [-0.4, -0.2) is 36.3 Å². The average Bonchev–Trinajstić information content (AvgIpc) is 3.37. The third-order valence-corrected chi connectivity index (χ3v) is 7.85. The third kappa shape index (κ3) is 4.19.